The lowest BCUT2D eigenvalue weighted by Crippen LogP contribution is -2.13. The van der Waals surface area contributed by atoms with Gasteiger partial charge in [0.05, 0.1) is 24.3 Å². The molecule has 4 heteroatoms. The first-order chi connectivity index (χ1) is 7.03. The molecule has 0 unspecified atom stereocenters. The number of hydrogen-bond acceptors (Lipinski definition) is 3. The van der Waals surface area contributed by atoms with Crippen LogP contribution in [-0.2, 0) is 0 Å². The second-order valence-corrected chi connectivity index (χ2v) is 4.72. The van der Waals surface area contributed by atoms with Gasteiger partial charge in [-0.1, -0.05) is 0 Å². The predicted molar refractivity (Wildman–Crippen MR) is 61.4 cm³/mol. The molecule has 1 aromatic rings. The standard InChI is InChI=1S/C11H13BrN2O/c1-11(2,8-13)5-6-15-9-3-4-10(12)14-7-9/h3-4,7H,5-6H2,1-2H3. The Kier molecular flexibility index (Phi) is 4.10. The number of nitrogens with zero attached hydrogens (tertiary/aromatic N) is 2. The zero-order valence-corrected chi connectivity index (χ0v) is 10.4. The third-order valence-electron chi connectivity index (χ3n) is 2.00. The van der Waals surface area contributed by atoms with Gasteiger partial charge in [-0.3, -0.25) is 0 Å². The second-order valence-electron chi connectivity index (χ2n) is 3.91. The maximum Gasteiger partial charge on any atom is 0.137 e. The SMILES string of the molecule is CC(C)(C#N)CCOc1ccc(Br)nc1. The van der Waals surface area contributed by atoms with E-state index in [2.05, 4.69) is 27.0 Å². The summed E-state index contributed by atoms with van der Waals surface area (Å²) >= 11 is 3.25. The lowest BCUT2D eigenvalue weighted by molar-refractivity contribution is 0.263. The highest BCUT2D eigenvalue weighted by atomic mass is 79.9. The van der Waals surface area contributed by atoms with Crippen LogP contribution in [0.15, 0.2) is 22.9 Å². The predicted octanol–water partition coefficient (Wildman–Crippen LogP) is 3.16. The van der Waals surface area contributed by atoms with Crippen molar-refractivity contribution in [1.29, 1.82) is 5.26 Å². The molecule has 0 radical (unpaired) electrons. The van der Waals surface area contributed by atoms with Gasteiger partial charge in [0, 0.05) is 0 Å². The largest absolute Gasteiger partial charge is 0.492 e. The molecule has 1 heterocycles. The molecule has 0 atom stereocenters. The maximum atomic E-state index is 8.80. The maximum absolute atomic E-state index is 8.80. The van der Waals surface area contributed by atoms with Gasteiger partial charge < -0.3 is 4.74 Å². The van der Waals surface area contributed by atoms with E-state index < -0.39 is 0 Å². The van der Waals surface area contributed by atoms with Gasteiger partial charge in [-0.2, -0.15) is 5.26 Å². The topological polar surface area (TPSA) is 45.9 Å². The number of nitriles is 1. The Bertz CT molecular complexity index is 354. The molecule has 0 aromatic carbocycles. The van der Waals surface area contributed by atoms with Crippen LogP contribution in [0.1, 0.15) is 20.3 Å². The number of halogens is 1. The number of aromatic nitrogens is 1. The molecule has 0 saturated carbocycles. The van der Waals surface area contributed by atoms with E-state index in [1.807, 2.05) is 26.0 Å². The number of pyridine rings is 1. The normalized spacial score (nSPS) is 10.8. The molecular weight excluding hydrogens is 256 g/mol. The third kappa shape index (κ3) is 4.30. The first-order valence-electron chi connectivity index (χ1n) is 4.69. The lowest BCUT2D eigenvalue weighted by atomic mass is 9.92. The zero-order valence-electron chi connectivity index (χ0n) is 8.83. The van der Waals surface area contributed by atoms with E-state index in [0.29, 0.717) is 13.0 Å². The average Bonchev–Trinajstić information content (AvgIpc) is 2.21. The molecule has 0 saturated heterocycles. The van der Waals surface area contributed by atoms with Crippen LogP contribution in [-0.4, -0.2) is 11.6 Å². The van der Waals surface area contributed by atoms with Crippen LogP contribution in [0.4, 0.5) is 0 Å². The summed E-state index contributed by atoms with van der Waals surface area (Å²) in [6.45, 7) is 4.33. The minimum absolute atomic E-state index is 0.331. The van der Waals surface area contributed by atoms with Crippen LogP contribution in [0.2, 0.25) is 0 Å². The first kappa shape index (κ1) is 12.0. The van der Waals surface area contributed by atoms with Crippen molar-refractivity contribution in [1.82, 2.24) is 4.98 Å². The van der Waals surface area contributed by atoms with Gasteiger partial charge in [0.25, 0.3) is 0 Å². The number of ether oxygens (including phenoxy) is 1. The van der Waals surface area contributed by atoms with E-state index in [0.717, 1.165) is 10.4 Å². The fraction of sp³-hybridized carbons (Fsp3) is 0.455. The molecule has 15 heavy (non-hydrogen) atoms. The third-order valence-corrected chi connectivity index (χ3v) is 2.47. The molecule has 0 spiro atoms. The fourth-order valence-electron chi connectivity index (χ4n) is 0.928. The Morgan fingerprint density at radius 1 is 1.53 bits per heavy atom. The Morgan fingerprint density at radius 3 is 2.80 bits per heavy atom. The molecule has 1 aromatic heterocycles. The van der Waals surface area contributed by atoms with Gasteiger partial charge in [-0.15, -0.1) is 0 Å². The second kappa shape index (κ2) is 5.13. The van der Waals surface area contributed by atoms with Crippen LogP contribution in [0.25, 0.3) is 0 Å². The van der Waals surface area contributed by atoms with Crippen molar-refractivity contribution in [3.63, 3.8) is 0 Å². The molecule has 0 aliphatic heterocycles. The van der Waals surface area contributed by atoms with E-state index >= 15 is 0 Å². The van der Waals surface area contributed by atoms with Gasteiger partial charge in [-0.05, 0) is 48.3 Å². The van der Waals surface area contributed by atoms with Crippen LogP contribution >= 0.6 is 15.9 Å². The van der Waals surface area contributed by atoms with Crippen LogP contribution < -0.4 is 4.74 Å². The van der Waals surface area contributed by atoms with Crippen LogP contribution in [0.5, 0.6) is 5.75 Å². The molecule has 0 fully saturated rings. The first-order valence-corrected chi connectivity index (χ1v) is 5.48. The summed E-state index contributed by atoms with van der Waals surface area (Å²) in [7, 11) is 0. The molecule has 0 N–H and O–H groups in total. The summed E-state index contributed by atoms with van der Waals surface area (Å²) in [6, 6.07) is 5.90. The molecule has 0 bridgehead atoms. The highest BCUT2D eigenvalue weighted by Gasteiger charge is 2.16. The van der Waals surface area contributed by atoms with Crippen molar-refractivity contribution in [3.8, 4) is 11.8 Å². The molecule has 80 valence electrons. The smallest absolute Gasteiger partial charge is 0.137 e. The van der Waals surface area contributed by atoms with Crippen molar-refractivity contribution >= 4 is 15.9 Å². The Morgan fingerprint density at radius 2 is 2.27 bits per heavy atom. The summed E-state index contributed by atoms with van der Waals surface area (Å²) in [5.74, 6) is 0.729. The Hall–Kier alpha value is -1.08. The van der Waals surface area contributed by atoms with Crippen molar-refractivity contribution in [2.24, 2.45) is 5.41 Å². The highest BCUT2D eigenvalue weighted by Crippen LogP contribution is 2.19. The average molecular weight is 269 g/mol. The molecular formula is C11H13BrN2O. The van der Waals surface area contributed by atoms with Crippen molar-refractivity contribution < 1.29 is 4.74 Å². The molecule has 1 rings (SSSR count). The van der Waals surface area contributed by atoms with Crippen molar-refractivity contribution in [2.75, 3.05) is 6.61 Å². The minimum atomic E-state index is -0.331. The molecule has 0 aliphatic rings. The number of rotatable bonds is 4. The van der Waals surface area contributed by atoms with Gasteiger partial charge in [0.15, 0.2) is 0 Å². The molecule has 0 aliphatic carbocycles. The molecule has 3 nitrogen and oxygen atoms in total. The monoisotopic (exact) mass is 268 g/mol. The summed E-state index contributed by atoms with van der Waals surface area (Å²) in [5, 5.41) is 8.80. The van der Waals surface area contributed by atoms with E-state index in [1.165, 1.54) is 0 Å². The quantitative estimate of drug-likeness (QED) is 0.789. The van der Waals surface area contributed by atoms with Gasteiger partial charge in [0.2, 0.25) is 0 Å². The van der Waals surface area contributed by atoms with Gasteiger partial charge in [-0.25, -0.2) is 4.98 Å². The van der Waals surface area contributed by atoms with E-state index in [9.17, 15) is 0 Å². The zero-order chi connectivity index (χ0) is 11.3. The van der Waals surface area contributed by atoms with Crippen molar-refractivity contribution in [3.05, 3.63) is 22.9 Å². The van der Waals surface area contributed by atoms with Crippen LogP contribution in [0.3, 0.4) is 0 Å². The Labute approximate surface area is 98.2 Å². The van der Waals surface area contributed by atoms with Gasteiger partial charge >= 0.3 is 0 Å². The number of hydrogen-bond donors (Lipinski definition) is 0. The van der Waals surface area contributed by atoms with E-state index in [4.69, 9.17) is 10.00 Å². The van der Waals surface area contributed by atoms with E-state index in [1.54, 1.807) is 6.20 Å². The Balaban J connectivity index is 2.39. The van der Waals surface area contributed by atoms with E-state index in [-0.39, 0.29) is 5.41 Å². The summed E-state index contributed by atoms with van der Waals surface area (Å²) in [4.78, 5) is 4.04. The lowest BCUT2D eigenvalue weighted by Gasteiger charge is -2.14. The summed E-state index contributed by atoms with van der Waals surface area (Å²) in [5.41, 5.74) is -0.331. The summed E-state index contributed by atoms with van der Waals surface area (Å²) in [6.07, 6.45) is 2.36. The fourth-order valence-corrected chi connectivity index (χ4v) is 1.16. The van der Waals surface area contributed by atoms with Gasteiger partial charge in [0.1, 0.15) is 10.4 Å². The molecule has 0 amide bonds. The summed E-state index contributed by atoms with van der Waals surface area (Å²) < 4.78 is 6.25. The highest BCUT2D eigenvalue weighted by molar-refractivity contribution is 9.10. The minimum Gasteiger partial charge on any atom is -0.492 e. The van der Waals surface area contributed by atoms with Crippen molar-refractivity contribution in [2.45, 2.75) is 20.3 Å². The van der Waals surface area contributed by atoms with Crippen LogP contribution in [0, 0.1) is 16.7 Å².